The molecular weight excluding hydrogens is 399 g/mol. The summed E-state index contributed by atoms with van der Waals surface area (Å²) in [4.78, 5) is 31.7. The molecule has 1 saturated heterocycles. The number of hydrogen-bond acceptors (Lipinski definition) is 4. The molecule has 6 nitrogen and oxygen atoms in total. The average molecular weight is 431 g/mol. The van der Waals surface area contributed by atoms with Crippen LogP contribution in [0, 0.1) is 18.8 Å². The van der Waals surface area contributed by atoms with Gasteiger partial charge in [0.15, 0.2) is 0 Å². The van der Waals surface area contributed by atoms with Crippen molar-refractivity contribution >= 4 is 42.4 Å². The molecule has 0 bridgehead atoms. The number of amides is 2. The van der Waals surface area contributed by atoms with Crippen molar-refractivity contribution in [1.82, 2.24) is 9.88 Å². The quantitative estimate of drug-likeness (QED) is 0.769. The molecule has 0 spiro atoms. The van der Waals surface area contributed by atoms with Crippen LogP contribution in [-0.2, 0) is 9.59 Å². The summed E-state index contributed by atoms with van der Waals surface area (Å²) in [5, 5.41) is 2.88. The lowest BCUT2D eigenvalue weighted by molar-refractivity contribution is -0.141. The summed E-state index contributed by atoms with van der Waals surface area (Å²) in [7, 11) is 0. The van der Waals surface area contributed by atoms with Gasteiger partial charge in [-0.05, 0) is 51.2 Å². The van der Waals surface area contributed by atoms with Gasteiger partial charge in [-0.2, -0.15) is 0 Å². The van der Waals surface area contributed by atoms with Gasteiger partial charge in [0.25, 0.3) is 0 Å². The largest absolute Gasteiger partial charge is 0.342 e. The summed E-state index contributed by atoms with van der Waals surface area (Å²) in [5.41, 5.74) is 7.02. The Hall–Kier alpha value is -1.37. The third kappa shape index (κ3) is 5.82. The maximum atomic E-state index is 13.0. The van der Waals surface area contributed by atoms with Crippen molar-refractivity contribution in [3.63, 3.8) is 0 Å². The molecule has 1 aliphatic carbocycles. The average Bonchev–Trinajstić information content (AvgIpc) is 2.63. The number of anilines is 1. The Balaban J connectivity index is 0.00000196. The molecule has 2 aliphatic rings. The first kappa shape index (κ1) is 24.7. The fourth-order valence-corrected chi connectivity index (χ4v) is 4.15. The van der Waals surface area contributed by atoms with E-state index in [0.717, 1.165) is 50.6 Å². The maximum Gasteiger partial charge on any atom is 0.230 e. The van der Waals surface area contributed by atoms with Crippen molar-refractivity contribution in [2.24, 2.45) is 17.6 Å². The molecule has 1 aromatic heterocycles. The van der Waals surface area contributed by atoms with Gasteiger partial charge in [0.1, 0.15) is 5.82 Å². The monoisotopic (exact) mass is 430 g/mol. The van der Waals surface area contributed by atoms with Gasteiger partial charge in [-0.1, -0.05) is 18.9 Å². The number of nitrogens with two attached hydrogens (primary N) is 1. The third-order valence-corrected chi connectivity index (χ3v) is 5.82. The minimum Gasteiger partial charge on any atom is -0.342 e. The fraction of sp³-hybridized carbons (Fsp3) is 0.650. The van der Waals surface area contributed by atoms with Crippen molar-refractivity contribution in [1.29, 1.82) is 0 Å². The summed E-state index contributed by atoms with van der Waals surface area (Å²) in [6.07, 6.45) is 7.26. The predicted octanol–water partition coefficient (Wildman–Crippen LogP) is 3.32. The standard InChI is InChI=1S/C20H30N4O2.2ClH/c1-14-8-9-17(22-12-14)23-18(25)15-6-5-11-24(13-15)19(26)16-7-3-4-10-20(16,2)21;;/h8-9,12,15-16H,3-7,10-11,13,21H2,1-2H3,(H,22,23,25);2*1H. The number of carbonyl (C=O) groups excluding carboxylic acids is 2. The van der Waals surface area contributed by atoms with Crippen LogP contribution in [0.15, 0.2) is 18.3 Å². The van der Waals surface area contributed by atoms with Crippen LogP contribution in [0.25, 0.3) is 0 Å². The van der Waals surface area contributed by atoms with Crippen molar-refractivity contribution in [2.45, 2.75) is 57.9 Å². The summed E-state index contributed by atoms with van der Waals surface area (Å²) in [6, 6.07) is 3.73. The van der Waals surface area contributed by atoms with Crippen LogP contribution in [0.3, 0.4) is 0 Å². The van der Waals surface area contributed by atoms with Gasteiger partial charge < -0.3 is 16.0 Å². The summed E-state index contributed by atoms with van der Waals surface area (Å²) < 4.78 is 0. The Morgan fingerprint density at radius 1 is 1.21 bits per heavy atom. The Labute approximate surface area is 179 Å². The van der Waals surface area contributed by atoms with E-state index in [2.05, 4.69) is 10.3 Å². The molecule has 28 heavy (non-hydrogen) atoms. The number of aromatic nitrogens is 1. The molecule has 1 aromatic rings. The van der Waals surface area contributed by atoms with E-state index >= 15 is 0 Å². The summed E-state index contributed by atoms with van der Waals surface area (Å²) >= 11 is 0. The van der Waals surface area contributed by atoms with Gasteiger partial charge in [-0.3, -0.25) is 9.59 Å². The highest BCUT2D eigenvalue weighted by Gasteiger charge is 2.41. The number of rotatable bonds is 3. The van der Waals surface area contributed by atoms with Crippen molar-refractivity contribution < 1.29 is 9.59 Å². The Morgan fingerprint density at radius 3 is 2.61 bits per heavy atom. The lowest BCUT2D eigenvalue weighted by Crippen LogP contribution is -2.55. The number of nitrogens with one attached hydrogen (secondary N) is 1. The normalized spacial score (nSPS) is 27.2. The van der Waals surface area contributed by atoms with Crippen LogP contribution in [-0.4, -0.2) is 40.3 Å². The van der Waals surface area contributed by atoms with Crippen LogP contribution in [0.5, 0.6) is 0 Å². The van der Waals surface area contributed by atoms with E-state index < -0.39 is 5.54 Å². The number of carbonyl (C=O) groups is 2. The Morgan fingerprint density at radius 2 is 1.96 bits per heavy atom. The molecule has 1 aliphatic heterocycles. The van der Waals surface area contributed by atoms with Crippen LogP contribution >= 0.6 is 24.8 Å². The molecule has 1 saturated carbocycles. The number of halogens is 2. The van der Waals surface area contributed by atoms with Crippen molar-refractivity contribution in [2.75, 3.05) is 18.4 Å². The second-order valence-corrected chi connectivity index (χ2v) is 8.14. The first-order valence-corrected chi connectivity index (χ1v) is 9.68. The number of hydrogen-bond donors (Lipinski definition) is 2. The molecule has 0 aromatic carbocycles. The Bertz CT molecular complexity index is 667. The SMILES string of the molecule is Cc1ccc(NC(=O)C2CCCN(C(=O)C3CCCCC3(C)N)C2)nc1.Cl.Cl. The highest BCUT2D eigenvalue weighted by atomic mass is 35.5. The van der Waals surface area contributed by atoms with E-state index in [1.54, 1.807) is 12.3 Å². The van der Waals surface area contributed by atoms with E-state index in [-0.39, 0.29) is 48.5 Å². The van der Waals surface area contributed by atoms with Crippen LogP contribution in [0.4, 0.5) is 5.82 Å². The highest BCUT2D eigenvalue weighted by molar-refractivity contribution is 5.92. The van der Waals surface area contributed by atoms with Crippen LogP contribution in [0.2, 0.25) is 0 Å². The molecule has 8 heteroatoms. The fourth-order valence-electron chi connectivity index (χ4n) is 4.15. The van der Waals surface area contributed by atoms with Gasteiger partial charge in [-0.25, -0.2) is 4.98 Å². The number of aryl methyl sites for hydroxylation is 1. The molecule has 0 radical (unpaired) electrons. The Kier molecular flexibility index (Phi) is 9.18. The summed E-state index contributed by atoms with van der Waals surface area (Å²) in [5.74, 6) is 0.310. The molecule has 3 N–H and O–H groups in total. The lowest BCUT2D eigenvalue weighted by atomic mass is 9.73. The zero-order valence-electron chi connectivity index (χ0n) is 16.6. The number of piperidine rings is 1. The van der Waals surface area contributed by atoms with E-state index in [1.807, 2.05) is 24.8 Å². The minimum atomic E-state index is -0.434. The van der Waals surface area contributed by atoms with E-state index in [9.17, 15) is 9.59 Å². The summed E-state index contributed by atoms with van der Waals surface area (Å²) in [6.45, 7) is 5.15. The van der Waals surface area contributed by atoms with Gasteiger partial charge in [0.05, 0.1) is 11.8 Å². The molecule has 3 rings (SSSR count). The topological polar surface area (TPSA) is 88.3 Å². The van der Waals surface area contributed by atoms with E-state index in [0.29, 0.717) is 12.4 Å². The van der Waals surface area contributed by atoms with Crippen molar-refractivity contribution in [3.8, 4) is 0 Å². The first-order valence-electron chi connectivity index (χ1n) is 9.68. The zero-order chi connectivity index (χ0) is 18.7. The molecule has 3 atom stereocenters. The van der Waals surface area contributed by atoms with Gasteiger partial charge in [0.2, 0.25) is 11.8 Å². The maximum absolute atomic E-state index is 13.0. The zero-order valence-corrected chi connectivity index (χ0v) is 18.3. The molecule has 2 amide bonds. The molecular formula is C20H32Cl2N4O2. The molecule has 2 fully saturated rings. The molecule has 3 unspecified atom stereocenters. The third-order valence-electron chi connectivity index (χ3n) is 5.82. The number of nitrogens with zero attached hydrogens (tertiary/aromatic N) is 2. The van der Waals surface area contributed by atoms with E-state index in [1.165, 1.54) is 0 Å². The van der Waals surface area contributed by atoms with Crippen LogP contribution in [0.1, 0.15) is 51.0 Å². The van der Waals surface area contributed by atoms with E-state index in [4.69, 9.17) is 5.73 Å². The van der Waals surface area contributed by atoms with Gasteiger partial charge >= 0.3 is 0 Å². The second-order valence-electron chi connectivity index (χ2n) is 8.14. The first-order chi connectivity index (χ1) is 12.4. The van der Waals surface area contributed by atoms with Gasteiger partial charge in [0, 0.05) is 24.8 Å². The van der Waals surface area contributed by atoms with Gasteiger partial charge in [-0.15, -0.1) is 24.8 Å². The minimum absolute atomic E-state index is 0. The lowest BCUT2D eigenvalue weighted by Gasteiger charge is -2.42. The highest BCUT2D eigenvalue weighted by Crippen LogP contribution is 2.34. The van der Waals surface area contributed by atoms with Crippen LogP contribution < -0.4 is 11.1 Å². The smallest absolute Gasteiger partial charge is 0.230 e. The molecule has 2 heterocycles. The number of pyridine rings is 1. The molecule has 158 valence electrons. The second kappa shape index (κ2) is 10.4. The van der Waals surface area contributed by atoms with Crippen molar-refractivity contribution in [3.05, 3.63) is 23.9 Å². The predicted molar refractivity (Wildman–Crippen MR) is 116 cm³/mol. The number of likely N-dealkylation sites (tertiary alicyclic amines) is 1.